The van der Waals surface area contributed by atoms with E-state index >= 15 is 0 Å². The lowest BCUT2D eigenvalue weighted by atomic mass is 9.97. The Morgan fingerprint density at radius 2 is 1.70 bits per heavy atom. The molecular formula is C15H20Cl2F4N2. The lowest BCUT2D eigenvalue weighted by Gasteiger charge is -2.35. The smallest absolute Gasteiger partial charge is 0.314 e. The van der Waals surface area contributed by atoms with Crippen LogP contribution in [-0.4, -0.2) is 31.1 Å². The first-order valence-corrected chi connectivity index (χ1v) is 7.28. The zero-order chi connectivity index (χ0) is 15.0. The highest BCUT2D eigenvalue weighted by Gasteiger charge is 2.39. The molecule has 2 aliphatic rings. The van der Waals surface area contributed by atoms with Crippen molar-refractivity contribution < 1.29 is 17.6 Å². The maximum absolute atomic E-state index is 13.4. The van der Waals surface area contributed by atoms with E-state index in [2.05, 4.69) is 10.2 Å². The number of halogens is 6. The van der Waals surface area contributed by atoms with Crippen molar-refractivity contribution in [3.63, 3.8) is 0 Å². The van der Waals surface area contributed by atoms with Crippen LogP contribution in [0.4, 0.5) is 17.6 Å². The summed E-state index contributed by atoms with van der Waals surface area (Å²) in [6.45, 7) is 3.33. The van der Waals surface area contributed by atoms with Crippen molar-refractivity contribution in [3.8, 4) is 0 Å². The molecule has 0 unspecified atom stereocenters. The van der Waals surface area contributed by atoms with E-state index < -0.39 is 17.6 Å². The van der Waals surface area contributed by atoms with Gasteiger partial charge in [0.05, 0.1) is 5.56 Å². The van der Waals surface area contributed by atoms with Gasteiger partial charge in [-0.05, 0) is 36.5 Å². The highest BCUT2D eigenvalue weighted by molar-refractivity contribution is 5.85. The van der Waals surface area contributed by atoms with Gasteiger partial charge in [0.1, 0.15) is 5.82 Å². The largest absolute Gasteiger partial charge is 0.419 e. The molecule has 1 aliphatic heterocycles. The quantitative estimate of drug-likeness (QED) is 0.803. The zero-order valence-corrected chi connectivity index (χ0v) is 14.0. The Morgan fingerprint density at radius 1 is 1.09 bits per heavy atom. The third-order valence-electron chi connectivity index (χ3n) is 4.25. The molecule has 0 amide bonds. The topological polar surface area (TPSA) is 15.3 Å². The number of hydrogen-bond acceptors (Lipinski definition) is 2. The van der Waals surface area contributed by atoms with Crippen molar-refractivity contribution in [2.24, 2.45) is 5.92 Å². The molecule has 0 spiro atoms. The minimum atomic E-state index is -4.64. The van der Waals surface area contributed by atoms with Crippen LogP contribution >= 0.6 is 24.8 Å². The number of hydrogen-bond donors (Lipinski definition) is 1. The molecule has 0 bridgehead atoms. The molecular weight excluding hydrogens is 355 g/mol. The Bertz CT molecular complexity index is 515. The van der Waals surface area contributed by atoms with E-state index in [0.717, 1.165) is 51.2 Å². The summed E-state index contributed by atoms with van der Waals surface area (Å²) < 4.78 is 52.1. The molecule has 3 rings (SSSR count). The van der Waals surface area contributed by atoms with Crippen LogP contribution in [-0.2, 0) is 6.18 Å². The van der Waals surface area contributed by atoms with E-state index in [1.165, 1.54) is 6.07 Å². The molecule has 1 atom stereocenters. The van der Waals surface area contributed by atoms with Crippen molar-refractivity contribution in [3.05, 3.63) is 35.1 Å². The van der Waals surface area contributed by atoms with Crippen LogP contribution in [0.15, 0.2) is 18.2 Å². The lowest BCUT2D eigenvalue weighted by Crippen LogP contribution is -2.45. The molecule has 1 N–H and O–H groups in total. The summed E-state index contributed by atoms with van der Waals surface area (Å²) in [7, 11) is 0. The van der Waals surface area contributed by atoms with Gasteiger partial charge in [0.25, 0.3) is 0 Å². The lowest BCUT2D eigenvalue weighted by molar-refractivity contribution is -0.140. The summed E-state index contributed by atoms with van der Waals surface area (Å²) in [5.74, 6) is -0.796. The molecule has 8 heteroatoms. The fourth-order valence-electron chi connectivity index (χ4n) is 3.10. The van der Waals surface area contributed by atoms with Crippen molar-refractivity contribution in [1.29, 1.82) is 0 Å². The van der Waals surface area contributed by atoms with Crippen molar-refractivity contribution in [1.82, 2.24) is 10.2 Å². The summed E-state index contributed by atoms with van der Waals surface area (Å²) in [6, 6.07) is 3.44. The van der Waals surface area contributed by atoms with Crippen LogP contribution in [0.25, 0.3) is 0 Å². The van der Waals surface area contributed by atoms with Crippen LogP contribution in [0.5, 0.6) is 0 Å². The summed E-state index contributed by atoms with van der Waals surface area (Å²) in [5.41, 5.74) is -0.561. The van der Waals surface area contributed by atoms with Crippen molar-refractivity contribution in [2.45, 2.75) is 25.1 Å². The van der Waals surface area contributed by atoms with Crippen LogP contribution in [0.1, 0.15) is 30.0 Å². The van der Waals surface area contributed by atoms with Crippen molar-refractivity contribution >= 4 is 24.8 Å². The van der Waals surface area contributed by atoms with Gasteiger partial charge in [-0.3, -0.25) is 4.90 Å². The maximum Gasteiger partial charge on any atom is 0.419 e. The fourth-order valence-corrected chi connectivity index (χ4v) is 3.10. The summed E-state index contributed by atoms with van der Waals surface area (Å²) in [6.07, 6.45) is -2.57. The van der Waals surface area contributed by atoms with E-state index in [1.54, 1.807) is 0 Å². The fraction of sp³-hybridized carbons (Fsp3) is 0.600. The van der Waals surface area contributed by atoms with Gasteiger partial charge in [0, 0.05) is 32.2 Å². The van der Waals surface area contributed by atoms with E-state index in [4.69, 9.17) is 0 Å². The number of rotatable bonds is 3. The minimum Gasteiger partial charge on any atom is -0.314 e. The summed E-state index contributed by atoms with van der Waals surface area (Å²) in [5, 5.41) is 3.24. The number of piperazine rings is 1. The highest BCUT2D eigenvalue weighted by atomic mass is 35.5. The van der Waals surface area contributed by atoms with Gasteiger partial charge >= 0.3 is 6.18 Å². The number of alkyl halides is 3. The predicted molar refractivity (Wildman–Crippen MR) is 85.8 cm³/mol. The van der Waals surface area contributed by atoms with E-state index in [9.17, 15) is 17.6 Å². The molecule has 2 nitrogen and oxygen atoms in total. The third kappa shape index (κ3) is 4.72. The average Bonchev–Trinajstić information content (AvgIpc) is 3.25. The molecule has 23 heavy (non-hydrogen) atoms. The molecule has 1 heterocycles. The Labute approximate surface area is 145 Å². The minimum absolute atomic E-state index is 0. The molecule has 1 saturated carbocycles. The number of benzene rings is 1. The van der Waals surface area contributed by atoms with E-state index in [1.807, 2.05) is 0 Å². The van der Waals surface area contributed by atoms with Crippen LogP contribution in [0.3, 0.4) is 0 Å². The van der Waals surface area contributed by atoms with Gasteiger partial charge in [-0.1, -0.05) is 6.07 Å². The first-order chi connectivity index (χ1) is 9.97. The van der Waals surface area contributed by atoms with Crippen LogP contribution in [0, 0.1) is 11.7 Å². The zero-order valence-electron chi connectivity index (χ0n) is 12.4. The normalized spacial score (nSPS) is 20.3. The second kappa shape index (κ2) is 8.01. The average molecular weight is 375 g/mol. The Kier molecular flexibility index (Phi) is 7.13. The Hall–Kier alpha value is -0.560. The van der Waals surface area contributed by atoms with Crippen LogP contribution in [0.2, 0.25) is 0 Å². The molecule has 0 radical (unpaired) electrons. The van der Waals surface area contributed by atoms with Crippen LogP contribution < -0.4 is 5.32 Å². The Balaban J connectivity index is 0.00000132. The second-order valence-corrected chi connectivity index (χ2v) is 5.81. The second-order valence-electron chi connectivity index (χ2n) is 5.81. The summed E-state index contributed by atoms with van der Waals surface area (Å²) in [4.78, 5) is 2.22. The molecule has 132 valence electrons. The first-order valence-electron chi connectivity index (χ1n) is 7.28. The molecule has 1 aromatic rings. The number of nitrogens with one attached hydrogen (secondary N) is 1. The van der Waals surface area contributed by atoms with Gasteiger partial charge in [0.15, 0.2) is 0 Å². The van der Waals surface area contributed by atoms with Gasteiger partial charge in [0.2, 0.25) is 0 Å². The van der Waals surface area contributed by atoms with Gasteiger partial charge in [-0.15, -0.1) is 24.8 Å². The predicted octanol–water partition coefficient (Wildman–Crippen LogP) is 4.04. The molecule has 1 aliphatic carbocycles. The standard InChI is InChI=1S/C15H18F4N2.2ClH/c16-13-4-3-11(9-12(13)15(17,18)19)14(10-1-2-10)21-7-5-20-6-8-21;;/h3-4,9-10,14,20H,1-2,5-8H2;2*1H/t14-;;/m0../s1. The maximum atomic E-state index is 13.4. The SMILES string of the molecule is Cl.Cl.Fc1ccc([C@H](C2CC2)N2CCNCC2)cc1C(F)(F)F. The summed E-state index contributed by atoms with van der Waals surface area (Å²) >= 11 is 0. The van der Waals surface area contributed by atoms with Gasteiger partial charge < -0.3 is 5.32 Å². The first kappa shape index (κ1) is 20.5. The molecule has 2 fully saturated rings. The molecule has 0 aromatic heterocycles. The molecule has 1 aromatic carbocycles. The molecule has 1 saturated heterocycles. The number of nitrogens with zero attached hydrogens (tertiary/aromatic N) is 1. The highest BCUT2D eigenvalue weighted by Crippen LogP contribution is 2.45. The van der Waals surface area contributed by atoms with Crippen molar-refractivity contribution in [2.75, 3.05) is 26.2 Å². The monoisotopic (exact) mass is 374 g/mol. The van der Waals surface area contributed by atoms with E-state index in [-0.39, 0.29) is 30.9 Å². The Morgan fingerprint density at radius 3 is 2.22 bits per heavy atom. The third-order valence-corrected chi connectivity index (χ3v) is 4.25. The van der Waals surface area contributed by atoms with Gasteiger partial charge in [-0.25, -0.2) is 4.39 Å². The van der Waals surface area contributed by atoms with Gasteiger partial charge in [-0.2, -0.15) is 13.2 Å². The van der Waals surface area contributed by atoms with E-state index in [0.29, 0.717) is 11.5 Å².